The third kappa shape index (κ3) is 4.24. The van der Waals surface area contributed by atoms with Crippen molar-refractivity contribution in [1.29, 1.82) is 0 Å². The van der Waals surface area contributed by atoms with Crippen molar-refractivity contribution in [2.24, 2.45) is 5.73 Å². The summed E-state index contributed by atoms with van der Waals surface area (Å²) in [5.41, 5.74) is 4.55. The van der Waals surface area contributed by atoms with E-state index in [0.717, 1.165) is 17.0 Å². The molecule has 3 N–H and O–H groups in total. The molecule has 1 aliphatic heterocycles. The minimum Gasteiger partial charge on any atom is -0.368 e. The van der Waals surface area contributed by atoms with E-state index in [0.29, 0.717) is 0 Å². The predicted octanol–water partition coefficient (Wildman–Crippen LogP) is 0.450. The molecule has 2 rings (SSSR count). The first-order chi connectivity index (χ1) is 11.2. The molecule has 1 heterocycles. The quantitative estimate of drug-likeness (QED) is 0.835. The van der Waals surface area contributed by atoms with Crippen molar-refractivity contribution in [3.8, 4) is 0 Å². The molecule has 24 heavy (non-hydrogen) atoms. The topological polar surface area (TPSA) is 92.5 Å². The average molecular weight is 343 g/mol. The van der Waals surface area contributed by atoms with Gasteiger partial charge in [-0.1, -0.05) is 18.2 Å². The van der Waals surface area contributed by atoms with Crippen LogP contribution in [0, 0.1) is 0 Å². The fourth-order valence-corrected chi connectivity index (χ4v) is 2.52. The second-order valence-electron chi connectivity index (χ2n) is 5.43. The highest BCUT2D eigenvalue weighted by Gasteiger charge is 2.33. The van der Waals surface area contributed by atoms with Gasteiger partial charge in [0.15, 0.2) is 0 Å². The molecule has 0 aromatic heterocycles. The Kier molecular flexibility index (Phi) is 5.10. The van der Waals surface area contributed by atoms with Crippen LogP contribution in [0.1, 0.15) is 17.5 Å². The van der Waals surface area contributed by atoms with Crippen LogP contribution in [0.4, 0.5) is 13.2 Å². The molecule has 130 valence electrons. The van der Waals surface area contributed by atoms with Gasteiger partial charge in [-0.3, -0.25) is 14.4 Å². The van der Waals surface area contributed by atoms with E-state index in [4.69, 9.17) is 5.73 Å². The highest BCUT2D eigenvalue weighted by atomic mass is 19.4. The van der Waals surface area contributed by atoms with Crippen molar-refractivity contribution < 1.29 is 27.6 Å². The number of nitrogens with zero attached hydrogens (tertiary/aromatic N) is 1. The second kappa shape index (κ2) is 6.90. The summed E-state index contributed by atoms with van der Waals surface area (Å²) in [6.45, 7) is 0.216. The lowest BCUT2D eigenvalue weighted by Gasteiger charge is -2.27. The van der Waals surface area contributed by atoms with Crippen LogP contribution in [-0.4, -0.2) is 41.8 Å². The summed E-state index contributed by atoms with van der Waals surface area (Å²) in [6.07, 6.45) is -5.08. The van der Waals surface area contributed by atoms with Crippen LogP contribution in [-0.2, 0) is 27.0 Å². The van der Waals surface area contributed by atoms with Crippen molar-refractivity contribution in [1.82, 2.24) is 10.2 Å². The Hall–Kier alpha value is -2.58. The molecule has 3 amide bonds. The highest BCUT2D eigenvalue weighted by molar-refractivity contribution is 5.92. The average Bonchev–Trinajstić information content (AvgIpc) is 2.68. The number of carbonyl (C=O) groups is 3. The molecule has 0 aliphatic carbocycles. The van der Waals surface area contributed by atoms with Crippen LogP contribution in [0.15, 0.2) is 24.3 Å². The van der Waals surface area contributed by atoms with Crippen molar-refractivity contribution in [2.45, 2.75) is 25.1 Å². The van der Waals surface area contributed by atoms with Crippen LogP contribution < -0.4 is 11.1 Å². The van der Waals surface area contributed by atoms with E-state index in [2.05, 4.69) is 5.32 Å². The molecular weight excluding hydrogens is 327 g/mol. The summed E-state index contributed by atoms with van der Waals surface area (Å²) in [5.74, 6) is -1.80. The Labute approximate surface area is 135 Å². The minimum absolute atomic E-state index is 0.0666. The molecule has 9 heteroatoms. The molecule has 1 saturated heterocycles. The summed E-state index contributed by atoms with van der Waals surface area (Å²) in [7, 11) is 0. The number of nitrogens with one attached hydrogen (secondary N) is 1. The number of carbonyl (C=O) groups excluding carboxylic acids is 3. The third-order valence-corrected chi connectivity index (χ3v) is 3.69. The monoisotopic (exact) mass is 343 g/mol. The van der Waals surface area contributed by atoms with Crippen molar-refractivity contribution in [3.05, 3.63) is 35.4 Å². The van der Waals surface area contributed by atoms with Gasteiger partial charge in [-0.2, -0.15) is 13.2 Å². The van der Waals surface area contributed by atoms with E-state index >= 15 is 0 Å². The normalized spacial score (nSPS) is 18.7. The molecular formula is C15H16F3N3O3. The Balaban J connectivity index is 2.18. The zero-order valence-corrected chi connectivity index (χ0v) is 12.6. The maximum absolute atomic E-state index is 12.7. The first-order valence-electron chi connectivity index (χ1n) is 7.20. The second-order valence-corrected chi connectivity index (χ2v) is 5.43. The number of halogens is 3. The lowest BCUT2D eigenvalue weighted by molar-refractivity contribution is -0.139. The zero-order valence-electron chi connectivity index (χ0n) is 12.6. The van der Waals surface area contributed by atoms with E-state index in [1.807, 2.05) is 0 Å². The maximum Gasteiger partial charge on any atom is 0.416 e. The fraction of sp³-hybridized carbons (Fsp3) is 0.400. The van der Waals surface area contributed by atoms with Crippen molar-refractivity contribution in [3.63, 3.8) is 0 Å². The number of rotatable bonds is 3. The smallest absolute Gasteiger partial charge is 0.368 e. The highest BCUT2D eigenvalue weighted by Crippen LogP contribution is 2.29. The molecule has 0 radical (unpaired) electrons. The summed E-state index contributed by atoms with van der Waals surface area (Å²) >= 11 is 0. The van der Waals surface area contributed by atoms with E-state index < -0.39 is 35.5 Å². The molecule has 1 fully saturated rings. The first kappa shape index (κ1) is 17.8. The molecule has 6 nitrogen and oxygen atoms in total. The standard InChI is InChI=1S/C15H16F3N3O3/c16-15(17,18)10-3-1-2-9(6-10)7-13(23)21-5-4-20-12(22)8-11(21)14(19)24/h1-3,6,11H,4-5,7-8H2,(H2,19,24)(H,20,22). The van der Waals surface area contributed by atoms with Gasteiger partial charge in [-0.15, -0.1) is 0 Å². The van der Waals surface area contributed by atoms with Crippen molar-refractivity contribution in [2.75, 3.05) is 13.1 Å². The van der Waals surface area contributed by atoms with Gasteiger partial charge in [-0.25, -0.2) is 0 Å². The predicted molar refractivity (Wildman–Crippen MR) is 77.5 cm³/mol. The first-order valence-corrected chi connectivity index (χ1v) is 7.20. The van der Waals surface area contributed by atoms with Gasteiger partial charge in [0.2, 0.25) is 17.7 Å². The number of nitrogens with two attached hydrogens (primary N) is 1. The van der Waals surface area contributed by atoms with Gasteiger partial charge in [0.25, 0.3) is 0 Å². The van der Waals surface area contributed by atoms with Crippen LogP contribution >= 0.6 is 0 Å². The SMILES string of the molecule is NC(=O)C1CC(=O)NCCN1C(=O)Cc1cccc(C(F)(F)F)c1. The molecule has 0 spiro atoms. The fourth-order valence-electron chi connectivity index (χ4n) is 2.52. The Morgan fingerprint density at radius 2 is 2.04 bits per heavy atom. The summed E-state index contributed by atoms with van der Waals surface area (Å²) in [6, 6.07) is 3.30. The Morgan fingerprint density at radius 3 is 2.67 bits per heavy atom. The van der Waals surface area contributed by atoms with Crippen LogP contribution in [0.5, 0.6) is 0 Å². The third-order valence-electron chi connectivity index (χ3n) is 3.69. The maximum atomic E-state index is 12.7. The molecule has 1 atom stereocenters. The Morgan fingerprint density at radius 1 is 1.33 bits per heavy atom. The van der Waals surface area contributed by atoms with Gasteiger partial charge in [-0.05, 0) is 11.6 Å². The molecule has 1 unspecified atom stereocenters. The lowest BCUT2D eigenvalue weighted by atomic mass is 10.1. The van der Waals surface area contributed by atoms with Gasteiger partial charge in [0.05, 0.1) is 18.4 Å². The number of alkyl halides is 3. The lowest BCUT2D eigenvalue weighted by Crippen LogP contribution is -2.49. The molecule has 1 aromatic carbocycles. The van der Waals surface area contributed by atoms with Crippen LogP contribution in [0.25, 0.3) is 0 Å². The number of hydrogen-bond donors (Lipinski definition) is 2. The zero-order chi connectivity index (χ0) is 17.9. The summed E-state index contributed by atoms with van der Waals surface area (Å²) in [5, 5.41) is 2.52. The van der Waals surface area contributed by atoms with E-state index in [1.54, 1.807) is 0 Å². The van der Waals surface area contributed by atoms with Crippen LogP contribution in [0.2, 0.25) is 0 Å². The van der Waals surface area contributed by atoms with Crippen LogP contribution in [0.3, 0.4) is 0 Å². The largest absolute Gasteiger partial charge is 0.416 e. The number of hydrogen-bond acceptors (Lipinski definition) is 3. The number of primary amides is 1. The molecule has 0 saturated carbocycles. The minimum atomic E-state index is -4.51. The Bertz CT molecular complexity index is 661. The van der Waals surface area contributed by atoms with Gasteiger partial charge < -0.3 is 16.0 Å². The van der Waals surface area contributed by atoms with Gasteiger partial charge >= 0.3 is 6.18 Å². The van der Waals surface area contributed by atoms with E-state index in [-0.39, 0.29) is 31.5 Å². The number of amides is 3. The molecule has 0 bridgehead atoms. The van der Waals surface area contributed by atoms with E-state index in [9.17, 15) is 27.6 Å². The van der Waals surface area contributed by atoms with E-state index in [1.165, 1.54) is 12.1 Å². The molecule has 1 aliphatic rings. The van der Waals surface area contributed by atoms with Crippen molar-refractivity contribution >= 4 is 17.7 Å². The summed E-state index contributed by atoms with van der Waals surface area (Å²) in [4.78, 5) is 36.5. The number of benzene rings is 1. The molecule has 1 aromatic rings. The van der Waals surface area contributed by atoms with Gasteiger partial charge in [0.1, 0.15) is 6.04 Å². The van der Waals surface area contributed by atoms with Gasteiger partial charge in [0, 0.05) is 13.1 Å². The summed E-state index contributed by atoms with van der Waals surface area (Å²) < 4.78 is 38.2.